The molecule has 46 valence electrons. The van der Waals surface area contributed by atoms with E-state index in [0.717, 1.165) is 6.42 Å². The highest BCUT2D eigenvalue weighted by Crippen LogP contribution is 2.16. The normalized spacial score (nSPS) is 34.1. The van der Waals surface area contributed by atoms with Gasteiger partial charge in [0.05, 0.1) is 0 Å². The highest BCUT2D eigenvalue weighted by atomic mass is 16.4. The molecular weight excluding hydrogens is 108 g/mol. The lowest BCUT2D eigenvalue weighted by Crippen LogP contribution is -2.27. The fourth-order valence-electron chi connectivity index (χ4n) is 0.539. The van der Waals surface area contributed by atoms with Crippen molar-refractivity contribution in [2.24, 2.45) is 5.73 Å². The average molecular weight is 116 g/mol. The van der Waals surface area contributed by atoms with Crippen LogP contribution in [0, 0.1) is 0 Å². The molecule has 8 heavy (non-hydrogen) atoms. The molecule has 4 nitrogen and oxygen atoms in total. The van der Waals surface area contributed by atoms with E-state index in [-0.39, 0.29) is 12.1 Å². The summed E-state index contributed by atoms with van der Waals surface area (Å²) in [6, 6.07) is 0.0820. The van der Waals surface area contributed by atoms with E-state index >= 15 is 0 Å². The van der Waals surface area contributed by atoms with Crippen molar-refractivity contribution in [3.63, 3.8) is 0 Å². The highest BCUT2D eigenvalue weighted by molar-refractivity contribution is 5.65. The largest absolute Gasteiger partial charge is 0.465 e. The Morgan fingerprint density at radius 2 is 2.38 bits per heavy atom. The van der Waals surface area contributed by atoms with E-state index in [0.29, 0.717) is 0 Å². The molecule has 0 radical (unpaired) electrons. The van der Waals surface area contributed by atoms with E-state index in [2.05, 4.69) is 5.32 Å². The van der Waals surface area contributed by atoms with Gasteiger partial charge in [-0.2, -0.15) is 0 Å². The van der Waals surface area contributed by atoms with E-state index in [4.69, 9.17) is 10.8 Å². The van der Waals surface area contributed by atoms with Crippen LogP contribution >= 0.6 is 0 Å². The van der Waals surface area contributed by atoms with E-state index in [9.17, 15) is 4.79 Å². The van der Waals surface area contributed by atoms with Crippen molar-refractivity contribution < 1.29 is 9.90 Å². The third-order valence-electron chi connectivity index (χ3n) is 1.15. The Labute approximate surface area is 46.7 Å². The van der Waals surface area contributed by atoms with Crippen LogP contribution in [-0.4, -0.2) is 23.3 Å². The van der Waals surface area contributed by atoms with Gasteiger partial charge in [-0.1, -0.05) is 0 Å². The van der Waals surface area contributed by atoms with Crippen LogP contribution in [0.5, 0.6) is 0 Å². The van der Waals surface area contributed by atoms with Gasteiger partial charge in [0.15, 0.2) is 0 Å². The van der Waals surface area contributed by atoms with Crippen LogP contribution < -0.4 is 11.1 Å². The highest BCUT2D eigenvalue weighted by Gasteiger charge is 2.34. The zero-order valence-corrected chi connectivity index (χ0v) is 4.29. The zero-order valence-electron chi connectivity index (χ0n) is 4.29. The molecule has 0 unspecified atom stereocenters. The lowest BCUT2D eigenvalue weighted by molar-refractivity contribution is 0.193. The van der Waals surface area contributed by atoms with E-state index in [1.165, 1.54) is 0 Å². The maximum Gasteiger partial charge on any atom is 0.404 e. The molecule has 0 bridgehead atoms. The number of nitrogens with one attached hydrogen (secondary N) is 1. The Kier molecular flexibility index (Phi) is 1.09. The molecule has 1 rings (SSSR count). The van der Waals surface area contributed by atoms with E-state index in [1.54, 1.807) is 0 Å². The molecule has 0 saturated heterocycles. The number of amides is 1. The van der Waals surface area contributed by atoms with Crippen molar-refractivity contribution in [3.8, 4) is 0 Å². The number of rotatable bonds is 1. The number of hydrogen-bond acceptors (Lipinski definition) is 2. The summed E-state index contributed by atoms with van der Waals surface area (Å²) >= 11 is 0. The van der Waals surface area contributed by atoms with Crippen LogP contribution in [0.3, 0.4) is 0 Å². The molecule has 0 aliphatic heterocycles. The van der Waals surface area contributed by atoms with Gasteiger partial charge < -0.3 is 16.2 Å². The van der Waals surface area contributed by atoms with Gasteiger partial charge in [-0.15, -0.1) is 0 Å². The summed E-state index contributed by atoms with van der Waals surface area (Å²) in [6.07, 6.45) is -0.199. The Balaban J connectivity index is 2.14. The fourth-order valence-corrected chi connectivity index (χ4v) is 0.539. The minimum absolute atomic E-state index is 0.0208. The second kappa shape index (κ2) is 1.63. The third kappa shape index (κ3) is 1.10. The van der Waals surface area contributed by atoms with E-state index < -0.39 is 6.09 Å². The summed E-state index contributed by atoms with van der Waals surface area (Å²) in [5.41, 5.74) is 5.29. The molecule has 1 aliphatic carbocycles. The van der Waals surface area contributed by atoms with Crippen LogP contribution in [0.25, 0.3) is 0 Å². The van der Waals surface area contributed by atoms with Gasteiger partial charge in [-0.25, -0.2) is 4.79 Å². The molecule has 1 aliphatic rings. The third-order valence-corrected chi connectivity index (χ3v) is 1.15. The number of carboxylic acid groups (broad SMARTS) is 1. The van der Waals surface area contributed by atoms with Crippen molar-refractivity contribution in [2.75, 3.05) is 0 Å². The molecule has 0 heterocycles. The van der Waals surface area contributed by atoms with Crippen molar-refractivity contribution in [3.05, 3.63) is 0 Å². The van der Waals surface area contributed by atoms with Crippen LogP contribution in [0.2, 0.25) is 0 Å². The van der Waals surface area contributed by atoms with Gasteiger partial charge >= 0.3 is 6.09 Å². The second-order valence-electron chi connectivity index (χ2n) is 1.96. The molecular formula is C4H8N2O2. The Bertz CT molecular complexity index is 115. The number of hydrogen-bond donors (Lipinski definition) is 3. The first-order chi connectivity index (χ1) is 3.70. The van der Waals surface area contributed by atoms with Crippen LogP contribution in [-0.2, 0) is 0 Å². The molecule has 2 atom stereocenters. The zero-order chi connectivity index (χ0) is 6.15. The first kappa shape index (κ1) is 5.37. The lowest BCUT2D eigenvalue weighted by atomic mass is 10.7. The predicted octanol–water partition coefficient (Wildman–Crippen LogP) is -0.646. The van der Waals surface area contributed by atoms with Crippen LogP contribution in [0.15, 0.2) is 0 Å². The Morgan fingerprint density at radius 3 is 2.50 bits per heavy atom. The van der Waals surface area contributed by atoms with Gasteiger partial charge in [0, 0.05) is 12.1 Å². The lowest BCUT2D eigenvalue weighted by Gasteiger charge is -1.92. The molecule has 0 spiro atoms. The van der Waals surface area contributed by atoms with Gasteiger partial charge in [-0.05, 0) is 6.42 Å². The summed E-state index contributed by atoms with van der Waals surface area (Å²) < 4.78 is 0. The average Bonchev–Trinajstić information content (AvgIpc) is 2.17. The minimum Gasteiger partial charge on any atom is -0.465 e. The molecule has 0 aromatic heterocycles. The summed E-state index contributed by atoms with van der Waals surface area (Å²) in [6.45, 7) is 0. The smallest absolute Gasteiger partial charge is 0.404 e. The number of carbonyl (C=O) groups is 1. The van der Waals surface area contributed by atoms with Gasteiger partial charge in [0.1, 0.15) is 0 Å². The maximum atomic E-state index is 9.83. The molecule has 1 amide bonds. The molecule has 4 heteroatoms. The van der Waals surface area contributed by atoms with Crippen LogP contribution in [0.4, 0.5) is 4.79 Å². The quantitative estimate of drug-likeness (QED) is 0.426. The van der Waals surface area contributed by atoms with Crippen molar-refractivity contribution >= 4 is 6.09 Å². The van der Waals surface area contributed by atoms with Crippen molar-refractivity contribution in [2.45, 2.75) is 18.5 Å². The topological polar surface area (TPSA) is 75.3 Å². The van der Waals surface area contributed by atoms with E-state index in [1.807, 2.05) is 0 Å². The molecule has 0 aromatic rings. The first-order valence-corrected chi connectivity index (χ1v) is 2.45. The SMILES string of the molecule is N[C@@H]1C[C@H]1NC(=O)O. The van der Waals surface area contributed by atoms with Gasteiger partial charge in [0.2, 0.25) is 0 Å². The molecule has 0 aromatic carbocycles. The summed E-state index contributed by atoms with van der Waals surface area (Å²) in [4.78, 5) is 9.83. The van der Waals surface area contributed by atoms with Gasteiger partial charge in [0.25, 0.3) is 0 Å². The monoisotopic (exact) mass is 116 g/mol. The minimum atomic E-state index is -0.983. The molecule has 1 saturated carbocycles. The van der Waals surface area contributed by atoms with Crippen molar-refractivity contribution in [1.29, 1.82) is 0 Å². The fraction of sp³-hybridized carbons (Fsp3) is 0.750. The summed E-state index contributed by atoms with van der Waals surface area (Å²) in [5.74, 6) is 0. The molecule has 4 N–H and O–H groups in total. The predicted molar refractivity (Wildman–Crippen MR) is 27.5 cm³/mol. The Hall–Kier alpha value is -0.770. The Morgan fingerprint density at radius 1 is 1.88 bits per heavy atom. The number of nitrogens with two attached hydrogens (primary N) is 1. The summed E-state index contributed by atoms with van der Waals surface area (Å²) in [5, 5.41) is 10.3. The molecule has 1 fully saturated rings. The van der Waals surface area contributed by atoms with Gasteiger partial charge in [-0.3, -0.25) is 0 Å². The van der Waals surface area contributed by atoms with Crippen molar-refractivity contribution in [1.82, 2.24) is 5.32 Å². The summed E-state index contributed by atoms with van der Waals surface area (Å²) in [7, 11) is 0. The van der Waals surface area contributed by atoms with Crippen LogP contribution in [0.1, 0.15) is 6.42 Å². The standard InChI is InChI=1S/C4H8N2O2/c5-2-1-3(2)6-4(7)8/h2-3,6H,1,5H2,(H,7,8)/t2-,3-/m1/s1. The second-order valence-corrected chi connectivity index (χ2v) is 1.96. The first-order valence-electron chi connectivity index (χ1n) is 2.45. The maximum absolute atomic E-state index is 9.83.